The first kappa shape index (κ1) is 51.5. The van der Waals surface area contributed by atoms with E-state index < -0.39 is 0 Å². The van der Waals surface area contributed by atoms with E-state index in [1.54, 1.807) is 0 Å². The monoisotopic (exact) mass is 601 g/mol. The topological polar surface area (TPSA) is 6.48 Å². The number of nitrogens with zero attached hydrogens (tertiary/aromatic N) is 2. The minimum absolute atomic E-state index is 0.830. The van der Waals surface area contributed by atoms with Gasteiger partial charge in [0.15, 0.2) is 0 Å². The van der Waals surface area contributed by atoms with Crippen molar-refractivity contribution < 1.29 is 0 Å². The van der Waals surface area contributed by atoms with E-state index in [1.165, 1.54) is 168 Å². The molecule has 0 aliphatic carbocycles. The summed E-state index contributed by atoms with van der Waals surface area (Å²) in [6, 6.07) is 0. The highest BCUT2D eigenvalue weighted by Crippen LogP contribution is 2.12. The molecule has 0 N–H and O–H groups in total. The predicted molar refractivity (Wildman–Crippen MR) is 202 cm³/mol. The normalized spacial score (nSPS) is 10.9. The largest absolute Gasteiger partial charge is 0.302 e. The molecule has 2 heteroatoms. The van der Waals surface area contributed by atoms with Gasteiger partial charge in [0.1, 0.15) is 0 Å². The maximum atomic E-state index is 2.78. The lowest BCUT2D eigenvalue weighted by Crippen LogP contribution is -2.38. The van der Waals surface area contributed by atoms with Crippen LogP contribution in [0.5, 0.6) is 0 Å². The Morgan fingerprint density at radius 2 is 0.690 bits per heavy atom. The van der Waals surface area contributed by atoms with Gasteiger partial charge in [-0.1, -0.05) is 206 Å². The fraction of sp³-hybridized carbons (Fsp3) is 1.00. The SMILES string of the molecule is CC.CC.CCC.CCCC.CCCCCCCCCCCN(CCN(CC)CCCCCCCCC)CC(C)CC. The molecule has 1 unspecified atom stereocenters. The van der Waals surface area contributed by atoms with Crippen LogP contribution in [0.2, 0.25) is 0 Å². The van der Waals surface area contributed by atoms with Crippen molar-refractivity contribution in [2.24, 2.45) is 5.92 Å². The van der Waals surface area contributed by atoms with Crippen molar-refractivity contribution in [2.45, 2.75) is 218 Å². The molecular weight excluding hydrogens is 508 g/mol. The van der Waals surface area contributed by atoms with E-state index >= 15 is 0 Å². The third-order valence-corrected chi connectivity index (χ3v) is 7.60. The Balaban J connectivity index is -0.000000359. The zero-order valence-electron chi connectivity index (χ0n) is 32.9. The standard InChI is InChI=1S/C29H62N2.C4H10.C3H8.2C2H6/c1-6-10-12-14-16-17-19-21-23-25-31(28-29(5)8-3)27-26-30(9-4)24-22-20-18-15-13-11-7-2;1-3-4-2;1-3-2;2*1-2/h29H,6-28H2,1-5H3;3-4H2,1-2H3;3H2,1-2H3;2*1-2H3. The van der Waals surface area contributed by atoms with Gasteiger partial charge in [0, 0.05) is 19.6 Å². The average Bonchev–Trinajstić information content (AvgIpc) is 3.03. The second-order valence-electron chi connectivity index (χ2n) is 11.9. The lowest BCUT2D eigenvalue weighted by Gasteiger charge is -2.29. The van der Waals surface area contributed by atoms with Gasteiger partial charge in [0.2, 0.25) is 0 Å². The van der Waals surface area contributed by atoms with Crippen LogP contribution in [0.4, 0.5) is 0 Å². The first-order valence-electron chi connectivity index (χ1n) is 19.9. The second-order valence-corrected chi connectivity index (χ2v) is 11.9. The van der Waals surface area contributed by atoms with Crippen molar-refractivity contribution in [3.05, 3.63) is 0 Å². The summed E-state index contributed by atoms with van der Waals surface area (Å²) >= 11 is 0. The third kappa shape index (κ3) is 52.6. The summed E-state index contributed by atoms with van der Waals surface area (Å²) in [5, 5.41) is 0. The molecule has 0 aromatic carbocycles. The van der Waals surface area contributed by atoms with Crippen LogP contribution in [-0.2, 0) is 0 Å². The summed E-state index contributed by atoms with van der Waals surface area (Å²) in [6.45, 7) is 36.0. The average molecular weight is 601 g/mol. The van der Waals surface area contributed by atoms with E-state index in [2.05, 4.69) is 72.1 Å². The molecule has 0 heterocycles. The molecule has 0 aliphatic rings. The zero-order valence-corrected chi connectivity index (χ0v) is 32.9. The Morgan fingerprint density at radius 3 is 1.00 bits per heavy atom. The smallest absolute Gasteiger partial charge is 0.0109 e. The second kappa shape index (κ2) is 53.5. The summed E-state index contributed by atoms with van der Waals surface area (Å²) in [5.41, 5.74) is 0. The summed E-state index contributed by atoms with van der Waals surface area (Å²) in [5.74, 6) is 0.830. The maximum Gasteiger partial charge on any atom is 0.0109 e. The first-order valence-corrected chi connectivity index (χ1v) is 19.9. The van der Waals surface area contributed by atoms with Gasteiger partial charge in [-0.25, -0.2) is 0 Å². The molecule has 0 rings (SSSR count). The highest BCUT2D eigenvalue weighted by molar-refractivity contribution is 4.66. The van der Waals surface area contributed by atoms with Crippen LogP contribution in [0, 0.1) is 5.92 Å². The van der Waals surface area contributed by atoms with E-state index in [0.29, 0.717) is 0 Å². The molecule has 0 bridgehead atoms. The minimum Gasteiger partial charge on any atom is -0.302 e. The Kier molecular flexibility index (Phi) is 65.6. The predicted octanol–water partition coefficient (Wildman–Crippen LogP) is 14.2. The van der Waals surface area contributed by atoms with Crippen molar-refractivity contribution in [3.63, 3.8) is 0 Å². The van der Waals surface area contributed by atoms with Gasteiger partial charge < -0.3 is 9.80 Å². The highest BCUT2D eigenvalue weighted by atomic mass is 15.2. The number of hydrogen-bond acceptors (Lipinski definition) is 2. The molecule has 2 nitrogen and oxygen atoms in total. The summed E-state index contributed by atoms with van der Waals surface area (Å²) in [7, 11) is 0. The van der Waals surface area contributed by atoms with Crippen LogP contribution in [-0.4, -0.2) is 49.1 Å². The number of unbranched alkanes of at least 4 members (excludes halogenated alkanes) is 15. The Morgan fingerprint density at radius 1 is 0.381 bits per heavy atom. The number of likely N-dealkylation sites (N-methyl/N-ethyl adjacent to an activating group) is 1. The number of hydrogen-bond donors (Lipinski definition) is 0. The summed E-state index contributed by atoms with van der Waals surface area (Å²) < 4.78 is 0. The highest BCUT2D eigenvalue weighted by Gasteiger charge is 2.11. The Labute approximate surface area is 273 Å². The quantitative estimate of drug-likeness (QED) is 0.0911. The Bertz CT molecular complexity index is 369. The molecular formula is C40H92N2. The molecule has 0 amide bonds. The maximum absolute atomic E-state index is 2.78. The third-order valence-electron chi connectivity index (χ3n) is 7.60. The lowest BCUT2D eigenvalue weighted by atomic mass is 10.1. The summed E-state index contributed by atoms with van der Waals surface area (Å²) in [6.07, 6.45) is 28.0. The van der Waals surface area contributed by atoms with Crippen LogP contribution in [0.1, 0.15) is 218 Å². The van der Waals surface area contributed by atoms with Crippen LogP contribution >= 0.6 is 0 Å². The van der Waals surface area contributed by atoms with E-state index in [4.69, 9.17) is 0 Å². The molecule has 0 saturated heterocycles. The molecule has 0 radical (unpaired) electrons. The molecule has 0 fully saturated rings. The van der Waals surface area contributed by atoms with E-state index in [0.717, 1.165) is 5.92 Å². The van der Waals surface area contributed by atoms with Crippen molar-refractivity contribution in [1.29, 1.82) is 0 Å². The first-order chi connectivity index (χ1) is 20.5. The fourth-order valence-corrected chi connectivity index (χ4v) is 4.51. The molecule has 0 aromatic heterocycles. The molecule has 1 atom stereocenters. The number of rotatable bonds is 26. The molecule has 0 spiro atoms. The van der Waals surface area contributed by atoms with Crippen molar-refractivity contribution in [1.82, 2.24) is 9.80 Å². The van der Waals surface area contributed by atoms with Crippen molar-refractivity contribution in [2.75, 3.05) is 39.3 Å². The van der Waals surface area contributed by atoms with E-state index in [9.17, 15) is 0 Å². The van der Waals surface area contributed by atoms with E-state index in [1.807, 2.05) is 27.7 Å². The Hall–Kier alpha value is -0.0800. The zero-order chi connectivity index (χ0) is 33.1. The van der Waals surface area contributed by atoms with Gasteiger partial charge in [-0.2, -0.15) is 0 Å². The molecule has 42 heavy (non-hydrogen) atoms. The van der Waals surface area contributed by atoms with Gasteiger partial charge in [-0.15, -0.1) is 0 Å². The van der Waals surface area contributed by atoms with Gasteiger partial charge in [0.25, 0.3) is 0 Å². The van der Waals surface area contributed by atoms with Crippen LogP contribution in [0.25, 0.3) is 0 Å². The minimum atomic E-state index is 0.830. The van der Waals surface area contributed by atoms with Crippen molar-refractivity contribution >= 4 is 0 Å². The van der Waals surface area contributed by atoms with Crippen LogP contribution < -0.4 is 0 Å². The molecule has 0 saturated carbocycles. The van der Waals surface area contributed by atoms with Gasteiger partial charge in [-0.05, 0) is 38.4 Å². The van der Waals surface area contributed by atoms with E-state index in [-0.39, 0.29) is 0 Å². The van der Waals surface area contributed by atoms with Crippen molar-refractivity contribution in [3.8, 4) is 0 Å². The van der Waals surface area contributed by atoms with Crippen LogP contribution in [0.15, 0.2) is 0 Å². The lowest BCUT2D eigenvalue weighted by molar-refractivity contribution is 0.184. The summed E-state index contributed by atoms with van der Waals surface area (Å²) in [4.78, 5) is 5.48. The van der Waals surface area contributed by atoms with Gasteiger partial charge in [-0.3, -0.25) is 0 Å². The molecule has 262 valence electrons. The van der Waals surface area contributed by atoms with Gasteiger partial charge in [0.05, 0.1) is 0 Å². The van der Waals surface area contributed by atoms with Crippen LogP contribution in [0.3, 0.4) is 0 Å². The molecule has 0 aliphatic heterocycles. The molecule has 0 aromatic rings. The van der Waals surface area contributed by atoms with Gasteiger partial charge >= 0.3 is 0 Å². The fourth-order valence-electron chi connectivity index (χ4n) is 4.51.